The third-order valence-electron chi connectivity index (χ3n) is 4.76. The van der Waals surface area contributed by atoms with E-state index in [1.165, 1.54) is 16.5 Å². The van der Waals surface area contributed by atoms with Crippen LogP contribution in [0, 0.1) is 0 Å². The highest BCUT2D eigenvalue weighted by Gasteiger charge is 2.07. The molecule has 4 heteroatoms. The number of hydrogen-bond acceptors (Lipinski definition) is 3. The van der Waals surface area contributed by atoms with Gasteiger partial charge in [0, 0.05) is 18.1 Å². The molecule has 3 aromatic carbocycles. The third kappa shape index (κ3) is 4.18. The summed E-state index contributed by atoms with van der Waals surface area (Å²) in [5, 5.41) is 4.75. The van der Waals surface area contributed by atoms with Crippen molar-refractivity contribution in [1.82, 2.24) is 10.3 Å². The topological polar surface area (TPSA) is 46.3 Å². The maximum atomic E-state index is 5.91. The predicted octanol–water partition coefficient (Wildman–Crippen LogP) is 5.30. The molecule has 0 saturated carbocycles. The van der Waals surface area contributed by atoms with Gasteiger partial charge in [-0.3, -0.25) is 0 Å². The Balaban J connectivity index is 1.33. The van der Waals surface area contributed by atoms with E-state index >= 15 is 0 Å². The second-order valence-corrected chi connectivity index (χ2v) is 6.69. The number of benzene rings is 3. The van der Waals surface area contributed by atoms with Crippen LogP contribution >= 0.6 is 0 Å². The lowest BCUT2D eigenvalue weighted by Crippen LogP contribution is -2.16. The Bertz CT molecular complexity index is 1040. The van der Waals surface area contributed by atoms with Crippen molar-refractivity contribution in [1.29, 1.82) is 0 Å². The van der Waals surface area contributed by atoms with Gasteiger partial charge in [0.05, 0.1) is 12.6 Å². The lowest BCUT2D eigenvalue weighted by Gasteiger charge is -2.09. The molecule has 1 aromatic heterocycles. The Hall–Kier alpha value is -3.24. The second kappa shape index (κ2) is 8.63. The molecule has 0 spiro atoms. The van der Waals surface area contributed by atoms with Gasteiger partial charge in [-0.25, -0.2) is 0 Å². The van der Waals surface area contributed by atoms with Crippen molar-refractivity contribution in [2.75, 3.05) is 13.7 Å². The summed E-state index contributed by atoms with van der Waals surface area (Å²) < 4.78 is 11.3. The first-order chi connectivity index (χ1) is 13.8. The van der Waals surface area contributed by atoms with E-state index in [9.17, 15) is 0 Å². The molecule has 0 radical (unpaired) electrons. The van der Waals surface area contributed by atoms with Gasteiger partial charge in [0.1, 0.15) is 17.2 Å². The fourth-order valence-electron chi connectivity index (χ4n) is 3.36. The number of rotatable bonds is 8. The zero-order valence-electron chi connectivity index (χ0n) is 15.9. The number of hydrogen-bond donors (Lipinski definition) is 2. The lowest BCUT2D eigenvalue weighted by molar-refractivity contribution is 0.419. The number of nitrogens with one attached hydrogen (secondary N) is 2. The summed E-state index contributed by atoms with van der Waals surface area (Å²) >= 11 is 0. The van der Waals surface area contributed by atoms with Crippen molar-refractivity contribution in [2.24, 2.45) is 0 Å². The minimum atomic E-state index is 0.803. The van der Waals surface area contributed by atoms with Crippen LogP contribution in [0.5, 0.6) is 17.2 Å². The highest BCUT2D eigenvalue weighted by molar-refractivity contribution is 5.88. The first kappa shape index (κ1) is 18.1. The van der Waals surface area contributed by atoms with Crippen LogP contribution in [0.1, 0.15) is 11.1 Å². The molecule has 0 saturated heterocycles. The molecule has 0 amide bonds. The van der Waals surface area contributed by atoms with Gasteiger partial charge in [-0.05, 0) is 54.4 Å². The maximum Gasteiger partial charge on any atom is 0.142 e. The number of ether oxygens (including phenoxy) is 2. The predicted molar refractivity (Wildman–Crippen MR) is 113 cm³/mol. The molecular formula is C24H24N2O2. The van der Waals surface area contributed by atoms with Gasteiger partial charge in [-0.2, -0.15) is 0 Å². The van der Waals surface area contributed by atoms with Crippen LogP contribution in [-0.2, 0) is 13.0 Å². The second-order valence-electron chi connectivity index (χ2n) is 6.69. The minimum Gasteiger partial charge on any atom is -0.495 e. The zero-order chi connectivity index (χ0) is 19.2. The molecule has 4 nitrogen and oxygen atoms in total. The number of H-pyrrole nitrogens is 1. The molecule has 0 aliphatic rings. The number of methoxy groups -OCH3 is 1. The van der Waals surface area contributed by atoms with E-state index < -0.39 is 0 Å². The largest absolute Gasteiger partial charge is 0.495 e. The zero-order valence-corrected chi connectivity index (χ0v) is 15.9. The molecule has 4 rings (SSSR count). The highest BCUT2D eigenvalue weighted by Crippen LogP contribution is 2.27. The molecule has 0 atom stereocenters. The first-order valence-electron chi connectivity index (χ1n) is 9.49. The van der Waals surface area contributed by atoms with Gasteiger partial charge in [0.15, 0.2) is 0 Å². The van der Waals surface area contributed by atoms with Gasteiger partial charge < -0.3 is 19.8 Å². The summed E-state index contributed by atoms with van der Waals surface area (Å²) in [5.74, 6) is 2.59. The SMILES string of the molecule is COc1cccc2c(CCNCc3cccc(Oc4ccccc4)c3)c[nH]c12. The fourth-order valence-corrected chi connectivity index (χ4v) is 3.36. The van der Waals surface area contributed by atoms with E-state index in [1.807, 2.05) is 54.6 Å². The summed E-state index contributed by atoms with van der Waals surface area (Å²) in [6.07, 6.45) is 3.02. The maximum absolute atomic E-state index is 5.91. The number of aromatic nitrogens is 1. The average molecular weight is 372 g/mol. The third-order valence-corrected chi connectivity index (χ3v) is 4.76. The van der Waals surface area contributed by atoms with E-state index in [1.54, 1.807) is 7.11 Å². The minimum absolute atomic E-state index is 0.803. The molecule has 0 aliphatic carbocycles. The monoisotopic (exact) mass is 372 g/mol. The number of fused-ring (bicyclic) bond motifs is 1. The summed E-state index contributed by atoms with van der Waals surface area (Å²) in [7, 11) is 1.70. The van der Waals surface area contributed by atoms with Gasteiger partial charge in [-0.1, -0.05) is 42.5 Å². The van der Waals surface area contributed by atoms with Crippen LogP contribution < -0.4 is 14.8 Å². The number of aromatic amines is 1. The molecule has 0 aliphatic heterocycles. The van der Waals surface area contributed by atoms with Crippen LogP contribution in [0.2, 0.25) is 0 Å². The van der Waals surface area contributed by atoms with Gasteiger partial charge in [0.2, 0.25) is 0 Å². The van der Waals surface area contributed by atoms with Crippen LogP contribution in [-0.4, -0.2) is 18.6 Å². The van der Waals surface area contributed by atoms with Crippen LogP contribution in [0.4, 0.5) is 0 Å². The fraction of sp³-hybridized carbons (Fsp3) is 0.167. The summed E-state index contributed by atoms with van der Waals surface area (Å²) in [6.45, 7) is 1.70. The molecule has 4 aromatic rings. The Morgan fingerprint density at radius 2 is 1.71 bits per heavy atom. The molecule has 0 fully saturated rings. The van der Waals surface area contributed by atoms with Crippen molar-refractivity contribution >= 4 is 10.9 Å². The number of para-hydroxylation sites is 2. The van der Waals surface area contributed by atoms with Gasteiger partial charge in [0.25, 0.3) is 0 Å². The van der Waals surface area contributed by atoms with Crippen molar-refractivity contribution < 1.29 is 9.47 Å². The summed E-state index contributed by atoms with van der Waals surface area (Å²) in [5.41, 5.74) is 3.56. The molecule has 1 heterocycles. The quantitative estimate of drug-likeness (QED) is 0.413. The average Bonchev–Trinajstić information content (AvgIpc) is 3.15. The molecule has 0 bridgehead atoms. The van der Waals surface area contributed by atoms with Crippen molar-refractivity contribution in [2.45, 2.75) is 13.0 Å². The first-order valence-corrected chi connectivity index (χ1v) is 9.49. The standard InChI is InChI=1S/C24H24N2O2/c1-27-23-12-6-11-22-19(17-26-24(22)23)13-14-25-16-18-7-5-10-21(15-18)28-20-8-3-2-4-9-20/h2-12,15,17,25-26H,13-14,16H2,1H3. The Labute approximate surface area is 165 Å². The molecule has 2 N–H and O–H groups in total. The van der Waals surface area contributed by atoms with E-state index in [0.717, 1.165) is 42.3 Å². The molecular weight excluding hydrogens is 348 g/mol. The molecule has 28 heavy (non-hydrogen) atoms. The van der Waals surface area contributed by atoms with Crippen molar-refractivity contribution in [3.63, 3.8) is 0 Å². The van der Waals surface area contributed by atoms with E-state index in [4.69, 9.17) is 9.47 Å². The van der Waals surface area contributed by atoms with Gasteiger partial charge in [-0.15, -0.1) is 0 Å². The highest BCUT2D eigenvalue weighted by atomic mass is 16.5. The van der Waals surface area contributed by atoms with E-state index in [-0.39, 0.29) is 0 Å². The van der Waals surface area contributed by atoms with E-state index in [0.29, 0.717) is 0 Å². The van der Waals surface area contributed by atoms with Crippen LogP contribution in [0.3, 0.4) is 0 Å². The van der Waals surface area contributed by atoms with Crippen LogP contribution in [0.15, 0.2) is 79.0 Å². The normalized spacial score (nSPS) is 10.9. The Morgan fingerprint density at radius 3 is 2.57 bits per heavy atom. The van der Waals surface area contributed by atoms with E-state index in [2.05, 4.69) is 34.7 Å². The Morgan fingerprint density at radius 1 is 0.893 bits per heavy atom. The lowest BCUT2D eigenvalue weighted by atomic mass is 10.1. The summed E-state index contributed by atoms with van der Waals surface area (Å²) in [4.78, 5) is 3.33. The van der Waals surface area contributed by atoms with Crippen molar-refractivity contribution in [3.05, 3.63) is 90.1 Å². The molecule has 142 valence electrons. The summed E-state index contributed by atoms with van der Waals surface area (Å²) in [6, 6.07) is 24.2. The van der Waals surface area contributed by atoms with Gasteiger partial charge >= 0.3 is 0 Å². The molecule has 0 unspecified atom stereocenters. The smallest absolute Gasteiger partial charge is 0.142 e. The van der Waals surface area contributed by atoms with Crippen molar-refractivity contribution in [3.8, 4) is 17.2 Å². The Kier molecular flexibility index (Phi) is 5.59. The van der Waals surface area contributed by atoms with Crippen LogP contribution in [0.25, 0.3) is 10.9 Å².